The minimum absolute atomic E-state index is 0.179. The molecule has 2 aliphatic rings. The molecule has 2 heterocycles. The Bertz CT molecular complexity index is 994. The number of rotatable bonds is 6. The zero-order chi connectivity index (χ0) is 33.9. The topological polar surface area (TPSA) is 141 Å². The highest BCUT2D eigenvalue weighted by atomic mass is 127. The molecule has 44 heavy (non-hydrogen) atoms. The maximum absolute atomic E-state index is 13.7. The fourth-order valence-corrected chi connectivity index (χ4v) is 7.54. The quantitative estimate of drug-likeness (QED) is 0.235. The monoisotopic (exact) mass is 741 g/mol. The molecule has 2 saturated heterocycles. The van der Waals surface area contributed by atoms with Gasteiger partial charge in [0.1, 0.15) is 17.5 Å². The molecule has 2 rings (SSSR count). The van der Waals surface area contributed by atoms with Crippen molar-refractivity contribution < 1.29 is 48.3 Å². The fraction of sp³-hybridized carbons (Fsp3) is 0.906. The number of ether oxygens (including phenoxy) is 5. The van der Waals surface area contributed by atoms with E-state index in [1.165, 1.54) is 13.8 Å². The number of nitrogens with zero attached hydrogens (tertiary/aromatic N) is 1. The van der Waals surface area contributed by atoms with Gasteiger partial charge in [-0.1, -0.05) is 57.2 Å². The van der Waals surface area contributed by atoms with E-state index in [2.05, 4.69) is 22.6 Å². The molecule has 2 N–H and O–H groups in total. The fourth-order valence-electron chi connectivity index (χ4n) is 6.87. The van der Waals surface area contributed by atoms with E-state index < -0.39 is 71.6 Å². The van der Waals surface area contributed by atoms with E-state index in [0.717, 1.165) is 0 Å². The molecule has 0 aromatic heterocycles. The average molecular weight is 742 g/mol. The number of Topliss-reactive ketones (excluding diaryl/α,β-unsaturated/α-hetero) is 1. The van der Waals surface area contributed by atoms with Crippen LogP contribution < -0.4 is 0 Å². The second kappa shape index (κ2) is 15.8. The van der Waals surface area contributed by atoms with Gasteiger partial charge in [-0.15, -0.1) is 0 Å². The summed E-state index contributed by atoms with van der Waals surface area (Å²) in [5.41, 5.74) is -2.93. The Labute approximate surface area is 277 Å². The second-order valence-corrected chi connectivity index (χ2v) is 15.1. The number of aliphatic hydroxyl groups excluding tert-OH is 1. The predicted molar refractivity (Wildman–Crippen MR) is 173 cm³/mol. The van der Waals surface area contributed by atoms with Gasteiger partial charge >= 0.3 is 11.9 Å². The number of esters is 2. The van der Waals surface area contributed by atoms with Crippen LogP contribution in [0, 0.1) is 23.7 Å². The van der Waals surface area contributed by atoms with Crippen LogP contribution in [0.2, 0.25) is 0 Å². The first-order valence-electron chi connectivity index (χ1n) is 15.7. The van der Waals surface area contributed by atoms with Crippen molar-refractivity contribution in [2.75, 3.05) is 21.2 Å². The van der Waals surface area contributed by atoms with Crippen LogP contribution in [0.4, 0.5) is 0 Å². The Balaban J connectivity index is 2.67. The normalized spacial score (nSPS) is 45.0. The van der Waals surface area contributed by atoms with Gasteiger partial charge in [-0.3, -0.25) is 14.4 Å². The van der Waals surface area contributed by atoms with E-state index in [4.69, 9.17) is 23.7 Å². The summed E-state index contributed by atoms with van der Waals surface area (Å²) in [5, 5.41) is 22.6. The van der Waals surface area contributed by atoms with E-state index >= 15 is 0 Å². The largest absolute Gasteiger partial charge is 0.459 e. The first kappa shape index (κ1) is 39.3. The molecule has 256 valence electrons. The number of alkyl halides is 1. The summed E-state index contributed by atoms with van der Waals surface area (Å²) >= 11 is 2.22. The molecular weight excluding hydrogens is 685 g/mol. The molecule has 0 bridgehead atoms. The van der Waals surface area contributed by atoms with E-state index in [1.54, 1.807) is 34.8 Å². The number of cyclic esters (lactones) is 1. The van der Waals surface area contributed by atoms with Gasteiger partial charge in [0.2, 0.25) is 0 Å². The molecule has 1 unspecified atom stereocenters. The highest BCUT2D eigenvalue weighted by molar-refractivity contribution is 14.1. The molecule has 0 radical (unpaired) electrons. The summed E-state index contributed by atoms with van der Waals surface area (Å²) < 4.78 is 30.5. The Morgan fingerprint density at radius 1 is 1.11 bits per heavy atom. The minimum atomic E-state index is -1.85. The number of ketones is 1. The standard InChI is InChI=1S/C32H56INO10/c1-13-23-32(9,39)27(37)20(6)25(36)16(2)15-31(8,40-12)28(18(4)24(33)19(5)29(38)43-23)44-30-26(42-21(7)35)22(34(10)11)14-17(3)41-30/h16-20,22-24,26-28,30,37,39H,13-15H2,1-12H3/t16-,17-,18+,19-,20+,22+,23-,24?,26-,27-,28-,30+,31-,32-/m1/s1. The van der Waals surface area contributed by atoms with Gasteiger partial charge in [-0.05, 0) is 60.0 Å². The summed E-state index contributed by atoms with van der Waals surface area (Å²) in [6, 6.07) is -0.179. The van der Waals surface area contributed by atoms with Gasteiger partial charge in [0, 0.05) is 29.8 Å². The maximum Gasteiger partial charge on any atom is 0.310 e. The summed E-state index contributed by atoms with van der Waals surface area (Å²) in [4.78, 5) is 41.5. The van der Waals surface area contributed by atoms with Gasteiger partial charge < -0.3 is 38.8 Å². The van der Waals surface area contributed by atoms with Crippen LogP contribution in [0.25, 0.3) is 0 Å². The van der Waals surface area contributed by atoms with Gasteiger partial charge in [0.25, 0.3) is 0 Å². The molecule has 0 amide bonds. The summed E-state index contributed by atoms with van der Waals surface area (Å²) in [6.07, 6.45) is -4.04. The van der Waals surface area contributed by atoms with E-state index in [9.17, 15) is 24.6 Å². The smallest absolute Gasteiger partial charge is 0.310 e. The van der Waals surface area contributed by atoms with Crippen molar-refractivity contribution in [2.45, 2.75) is 140 Å². The van der Waals surface area contributed by atoms with Crippen LogP contribution in [0.3, 0.4) is 0 Å². The molecule has 0 aliphatic carbocycles. The molecule has 0 aromatic carbocycles. The highest BCUT2D eigenvalue weighted by Crippen LogP contribution is 2.41. The lowest BCUT2D eigenvalue weighted by molar-refractivity contribution is -0.299. The lowest BCUT2D eigenvalue weighted by atomic mass is 9.74. The molecule has 12 heteroatoms. The van der Waals surface area contributed by atoms with Gasteiger partial charge in [-0.25, -0.2) is 0 Å². The Hall–Kier alpha value is -0.900. The number of carbonyl (C=O) groups is 3. The van der Waals surface area contributed by atoms with Crippen LogP contribution in [0.1, 0.15) is 81.6 Å². The molecule has 0 spiro atoms. The van der Waals surface area contributed by atoms with Crippen molar-refractivity contribution in [1.82, 2.24) is 4.90 Å². The molecule has 2 aliphatic heterocycles. The molecule has 0 saturated carbocycles. The van der Waals surface area contributed by atoms with Gasteiger partial charge in [0.15, 0.2) is 12.4 Å². The second-order valence-electron chi connectivity index (χ2n) is 13.6. The maximum atomic E-state index is 13.7. The summed E-state index contributed by atoms with van der Waals surface area (Å²) in [5.74, 6) is -3.81. The summed E-state index contributed by atoms with van der Waals surface area (Å²) in [6.45, 7) is 15.4. The number of aliphatic hydroxyl groups is 2. The predicted octanol–water partition coefficient (Wildman–Crippen LogP) is 3.53. The third-order valence-corrected chi connectivity index (χ3v) is 11.9. The van der Waals surface area contributed by atoms with Crippen molar-refractivity contribution in [3.8, 4) is 0 Å². The lowest BCUT2D eigenvalue weighted by Gasteiger charge is -2.48. The van der Waals surface area contributed by atoms with Crippen LogP contribution in [-0.4, -0.2) is 112 Å². The number of hydrogen-bond donors (Lipinski definition) is 2. The molecule has 11 nitrogen and oxygen atoms in total. The Kier molecular flexibility index (Phi) is 14.1. The van der Waals surface area contributed by atoms with Crippen molar-refractivity contribution in [2.24, 2.45) is 23.7 Å². The van der Waals surface area contributed by atoms with Gasteiger partial charge in [-0.2, -0.15) is 0 Å². The van der Waals surface area contributed by atoms with Crippen LogP contribution in [-0.2, 0) is 38.1 Å². The van der Waals surface area contributed by atoms with E-state index in [1.807, 2.05) is 39.8 Å². The zero-order valence-electron chi connectivity index (χ0n) is 28.5. The van der Waals surface area contributed by atoms with Crippen molar-refractivity contribution in [1.29, 1.82) is 0 Å². The van der Waals surface area contributed by atoms with E-state index in [0.29, 0.717) is 6.42 Å². The number of likely N-dealkylation sites (N-methyl/N-ethyl adjacent to an activating group) is 1. The number of methoxy groups -OCH3 is 1. The van der Waals surface area contributed by atoms with Crippen LogP contribution in [0.15, 0.2) is 0 Å². The minimum Gasteiger partial charge on any atom is -0.459 e. The average Bonchev–Trinajstić information content (AvgIpc) is 2.95. The highest BCUT2D eigenvalue weighted by Gasteiger charge is 2.52. The number of halogens is 1. The number of hydrogen-bond acceptors (Lipinski definition) is 11. The number of carbonyl (C=O) groups excluding carboxylic acids is 3. The molecule has 2 fully saturated rings. The summed E-state index contributed by atoms with van der Waals surface area (Å²) in [7, 11) is 5.38. The van der Waals surface area contributed by atoms with Crippen LogP contribution in [0.5, 0.6) is 0 Å². The van der Waals surface area contributed by atoms with Crippen molar-refractivity contribution in [3.05, 3.63) is 0 Å². The first-order valence-corrected chi connectivity index (χ1v) is 17.0. The third-order valence-electron chi connectivity index (χ3n) is 9.73. The Morgan fingerprint density at radius 2 is 1.70 bits per heavy atom. The van der Waals surface area contributed by atoms with Crippen LogP contribution >= 0.6 is 22.6 Å². The third kappa shape index (κ3) is 8.71. The zero-order valence-corrected chi connectivity index (χ0v) is 30.7. The van der Waals surface area contributed by atoms with Crippen molar-refractivity contribution in [3.63, 3.8) is 0 Å². The first-order chi connectivity index (χ1) is 20.2. The Morgan fingerprint density at radius 3 is 2.20 bits per heavy atom. The van der Waals surface area contributed by atoms with Crippen molar-refractivity contribution >= 4 is 40.3 Å². The lowest BCUT2D eigenvalue weighted by Crippen LogP contribution is -2.60. The van der Waals surface area contributed by atoms with E-state index in [-0.39, 0.29) is 40.6 Å². The SMILES string of the molecule is CC[C@H]1OC(=O)[C@H](C)C(I)[C@H](C)[C@@H](O[C@@H]2O[C@H](C)C[C@H](N(C)C)[C@H]2OC(C)=O)[C@](C)(OC)C[C@@H](C)C(=O)[C@H](C)[C@@H](O)[C@]1(C)O. The molecule has 14 atom stereocenters. The molecule has 0 aromatic rings. The van der Waals surface area contributed by atoms with Gasteiger partial charge in [0.05, 0.1) is 35.9 Å². The molecular formula is C32H56INO10.